The lowest BCUT2D eigenvalue weighted by Gasteiger charge is -2.16. The Morgan fingerprint density at radius 3 is 2.88 bits per heavy atom. The topological polar surface area (TPSA) is 18.5 Å². The highest BCUT2D eigenvalue weighted by molar-refractivity contribution is 9.09. The smallest absolute Gasteiger partial charge is 0.119 e. The van der Waals surface area contributed by atoms with Crippen molar-refractivity contribution in [2.24, 2.45) is 5.92 Å². The van der Waals surface area contributed by atoms with Crippen LogP contribution in [0, 0.1) is 5.92 Å². The third-order valence-electron chi connectivity index (χ3n) is 2.84. The van der Waals surface area contributed by atoms with E-state index in [4.69, 9.17) is 9.47 Å². The van der Waals surface area contributed by atoms with Gasteiger partial charge in [-0.2, -0.15) is 0 Å². The lowest BCUT2D eigenvalue weighted by atomic mass is 10.1. The number of methoxy groups -OCH3 is 1. The Morgan fingerprint density at radius 1 is 1.44 bits per heavy atom. The Balaban J connectivity index is 1.99. The third kappa shape index (κ3) is 3.22. The maximum atomic E-state index is 5.90. The Hall–Kier alpha value is -0.540. The molecule has 0 aliphatic heterocycles. The molecule has 16 heavy (non-hydrogen) atoms. The summed E-state index contributed by atoms with van der Waals surface area (Å²) >= 11 is 3.50. The summed E-state index contributed by atoms with van der Waals surface area (Å²) in [6.45, 7) is 0.882. The minimum Gasteiger partial charge on any atom is -0.497 e. The van der Waals surface area contributed by atoms with E-state index in [2.05, 4.69) is 22.0 Å². The molecule has 2 nitrogen and oxygen atoms in total. The van der Waals surface area contributed by atoms with Crippen molar-refractivity contribution in [3.63, 3.8) is 0 Å². The monoisotopic (exact) mass is 284 g/mol. The van der Waals surface area contributed by atoms with E-state index in [1.165, 1.54) is 18.4 Å². The molecule has 0 radical (unpaired) electrons. The van der Waals surface area contributed by atoms with Crippen molar-refractivity contribution < 1.29 is 9.47 Å². The normalized spacial score (nSPS) is 17.1. The van der Waals surface area contributed by atoms with E-state index < -0.39 is 0 Å². The van der Waals surface area contributed by atoms with E-state index in [-0.39, 0.29) is 6.10 Å². The van der Waals surface area contributed by atoms with Crippen LogP contribution >= 0.6 is 15.9 Å². The number of alkyl halides is 1. The van der Waals surface area contributed by atoms with E-state index in [9.17, 15) is 0 Å². The molecule has 0 heterocycles. The molecule has 1 fully saturated rings. The first-order valence-electron chi connectivity index (χ1n) is 5.65. The van der Waals surface area contributed by atoms with Gasteiger partial charge in [0.25, 0.3) is 0 Å². The lowest BCUT2D eigenvalue weighted by molar-refractivity contribution is 0.0617. The van der Waals surface area contributed by atoms with Crippen LogP contribution in [-0.4, -0.2) is 19.0 Å². The van der Waals surface area contributed by atoms with Crippen molar-refractivity contribution in [1.29, 1.82) is 0 Å². The van der Waals surface area contributed by atoms with Crippen molar-refractivity contribution in [3.05, 3.63) is 29.8 Å². The van der Waals surface area contributed by atoms with Gasteiger partial charge in [-0.25, -0.2) is 0 Å². The van der Waals surface area contributed by atoms with E-state index in [0.717, 1.165) is 23.6 Å². The van der Waals surface area contributed by atoms with Crippen LogP contribution in [0.4, 0.5) is 0 Å². The molecule has 1 aromatic carbocycles. The lowest BCUT2D eigenvalue weighted by Crippen LogP contribution is -2.08. The van der Waals surface area contributed by atoms with Crippen molar-refractivity contribution in [3.8, 4) is 5.75 Å². The van der Waals surface area contributed by atoms with Gasteiger partial charge in [-0.1, -0.05) is 28.1 Å². The average Bonchev–Trinajstić information content (AvgIpc) is 3.14. The van der Waals surface area contributed by atoms with E-state index >= 15 is 0 Å². The Bertz CT molecular complexity index is 336. The van der Waals surface area contributed by atoms with Crippen LogP contribution in [0.5, 0.6) is 5.75 Å². The first-order chi connectivity index (χ1) is 7.83. The quantitative estimate of drug-likeness (QED) is 0.744. The number of hydrogen-bond donors (Lipinski definition) is 0. The highest BCUT2D eigenvalue weighted by Crippen LogP contribution is 2.32. The Kier molecular flexibility index (Phi) is 4.24. The fraction of sp³-hybridized carbons (Fsp3) is 0.538. The molecule has 0 N–H and O–H groups in total. The fourth-order valence-electron chi connectivity index (χ4n) is 1.61. The zero-order valence-electron chi connectivity index (χ0n) is 9.49. The zero-order chi connectivity index (χ0) is 11.4. The average molecular weight is 285 g/mol. The van der Waals surface area contributed by atoms with E-state index in [1.807, 2.05) is 18.2 Å². The third-order valence-corrected chi connectivity index (χ3v) is 3.42. The summed E-state index contributed by atoms with van der Waals surface area (Å²) in [7, 11) is 1.69. The molecule has 0 amide bonds. The first-order valence-corrected chi connectivity index (χ1v) is 6.77. The zero-order valence-corrected chi connectivity index (χ0v) is 11.1. The molecular formula is C13H17BrO2. The number of halogens is 1. The standard InChI is InChI=1S/C13H17BrO2/c1-15-12-4-2-3-11(7-12)13(8-14)16-9-10-5-6-10/h2-4,7,10,13H,5-6,8-9H2,1H3. The first kappa shape index (κ1) is 11.9. The SMILES string of the molecule is COc1cccc(C(CBr)OCC2CC2)c1. The fourth-order valence-corrected chi connectivity index (χ4v) is 2.17. The molecule has 0 bridgehead atoms. The second-order valence-corrected chi connectivity index (χ2v) is 4.84. The molecule has 1 aliphatic rings. The maximum absolute atomic E-state index is 5.90. The van der Waals surface area contributed by atoms with Crippen LogP contribution in [0.25, 0.3) is 0 Å². The molecule has 1 unspecified atom stereocenters. The van der Waals surface area contributed by atoms with E-state index in [0.29, 0.717) is 0 Å². The van der Waals surface area contributed by atoms with Crippen molar-refractivity contribution >= 4 is 15.9 Å². The number of hydrogen-bond acceptors (Lipinski definition) is 2. The summed E-state index contributed by atoms with van der Waals surface area (Å²) < 4.78 is 11.1. The molecule has 88 valence electrons. The van der Waals surface area contributed by atoms with Gasteiger partial charge in [-0.05, 0) is 36.5 Å². The molecule has 2 rings (SSSR count). The minimum atomic E-state index is 0.135. The van der Waals surface area contributed by atoms with Gasteiger partial charge in [0.1, 0.15) is 5.75 Å². The Labute approximate surface area is 105 Å². The number of ether oxygens (including phenoxy) is 2. The second-order valence-electron chi connectivity index (χ2n) is 4.20. The number of benzene rings is 1. The van der Waals surface area contributed by atoms with Crippen molar-refractivity contribution in [1.82, 2.24) is 0 Å². The molecule has 3 heteroatoms. The predicted molar refractivity (Wildman–Crippen MR) is 68.2 cm³/mol. The van der Waals surface area contributed by atoms with Crippen LogP contribution in [0.15, 0.2) is 24.3 Å². The van der Waals surface area contributed by atoms with Gasteiger partial charge in [0.2, 0.25) is 0 Å². The molecule has 0 aromatic heterocycles. The van der Waals surface area contributed by atoms with Gasteiger partial charge in [0.15, 0.2) is 0 Å². The number of rotatable bonds is 6. The van der Waals surface area contributed by atoms with Gasteiger partial charge >= 0.3 is 0 Å². The van der Waals surface area contributed by atoms with Gasteiger partial charge in [-0.3, -0.25) is 0 Å². The molecule has 1 saturated carbocycles. The predicted octanol–water partition coefficient (Wildman–Crippen LogP) is 3.56. The van der Waals surface area contributed by atoms with Gasteiger partial charge in [0.05, 0.1) is 19.8 Å². The molecule has 1 atom stereocenters. The van der Waals surface area contributed by atoms with Gasteiger partial charge in [0, 0.05) is 5.33 Å². The van der Waals surface area contributed by atoms with Crippen molar-refractivity contribution in [2.45, 2.75) is 18.9 Å². The van der Waals surface area contributed by atoms with Crippen LogP contribution < -0.4 is 4.74 Å². The van der Waals surface area contributed by atoms with Crippen LogP contribution in [0.1, 0.15) is 24.5 Å². The summed E-state index contributed by atoms with van der Waals surface area (Å²) in [6, 6.07) is 8.08. The van der Waals surface area contributed by atoms with Crippen LogP contribution in [0.3, 0.4) is 0 Å². The second kappa shape index (κ2) is 5.69. The van der Waals surface area contributed by atoms with E-state index in [1.54, 1.807) is 7.11 Å². The van der Waals surface area contributed by atoms with Gasteiger partial charge < -0.3 is 9.47 Å². The summed E-state index contributed by atoms with van der Waals surface area (Å²) in [5.74, 6) is 1.69. The van der Waals surface area contributed by atoms with Crippen molar-refractivity contribution in [2.75, 3.05) is 19.0 Å². The highest BCUT2D eigenvalue weighted by Gasteiger charge is 2.23. The largest absolute Gasteiger partial charge is 0.497 e. The Morgan fingerprint density at radius 2 is 2.25 bits per heavy atom. The molecule has 0 spiro atoms. The summed E-state index contributed by atoms with van der Waals surface area (Å²) in [5.41, 5.74) is 1.18. The van der Waals surface area contributed by atoms with Crippen LogP contribution in [0.2, 0.25) is 0 Å². The molecule has 1 aromatic rings. The summed E-state index contributed by atoms with van der Waals surface area (Å²) in [5, 5.41) is 0.826. The van der Waals surface area contributed by atoms with Crippen LogP contribution in [-0.2, 0) is 4.74 Å². The molecule has 0 saturated heterocycles. The van der Waals surface area contributed by atoms with Gasteiger partial charge in [-0.15, -0.1) is 0 Å². The molecular weight excluding hydrogens is 268 g/mol. The summed E-state index contributed by atoms with van der Waals surface area (Å²) in [6.07, 6.45) is 2.79. The minimum absolute atomic E-state index is 0.135. The molecule has 1 aliphatic carbocycles. The summed E-state index contributed by atoms with van der Waals surface area (Å²) in [4.78, 5) is 0. The maximum Gasteiger partial charge on any atom is 0.119 e. The highest BCUT2D eigenvalue weighted by atomic mass is 79.9.